The third kappa shape index (κ3) is 4.55. The maximum atomic E-state index is 12.7. The summed E-state index contributed by atoms with van der Waals surface area (Å²) in [5, 5.41) is 4.00. The fraction of sp³-hybridized carbons (Fsp3) is 0.0500. The molecule has 0 amide bonds. The van der Waals surface area contributed by atoms with Gasteiger partial charge < -0.3 is 10.3 Å². The number of pyridine rings is 1. The predicted molar refractivity (Wildman–Crippen MR) is 108 cm³/mol. The molecule has 2 aromatic heterocycles. The van der Waals surface area contributed by atoms with Crippen LogP contribution in [-0.4, -0.2) is 15.0 Å². The molecule has 9 heteroatoms. The SMILES string of the molecule is Cl.O=c1ccc2ccc(Nc3cc(-c4ccc(C(F)(F)F)cc4)ncn3)cc2[nH]1. The number of halogens is 4. The van der Waals surface area contributed by atoms with E-state index in [1.54, 1.807) is 18.2 Å². The zero-order valence-electron chi connectivity index (χ0n) is 14.7. The van der Waals surface area contributed by atoms with Gasteiger partial charge in [0.1, 0.15) is 12.1 Å². The molecule has 4 aromatic rings. The number of H-pyrrole nitrogens is 1. The number of hydrogen-bond acceptors (Lipinski definition) is 4. The van der Waals surface area contributed by atoms with Gasteiger partial charge in [-0.15, -0.1) is 12.4 Å². The number of alkyl halides is 3. The van der Waals surface area contributed by atoms with Crippen LogP contribution in [0.25, 0.3) is 22.2 Å². The Labute approximate surface area is 169 Å². The molecular formula is C20H14ClF3N4O. The van der Waals surface area contributed by atoms with Crippen molar-refractivity contribution in [3.05, 3.63) is 82.9 Å². The smallest absolute Gasteiger partial charge is 0.340 e. The molecule has 0 bridgehead atoms. The second-order valence-electron chi connectivity index (χ2n) is 6.11. The van der Waals surface area contributed by atoms with Crippen molar-refractivity contribution in [1.82, 2.24) is 15.0 Å². The van der Waals surface area contributed by atoms with E-state index in [2.05, 4.69) is 20.3 Å². The molecule has 2 N–H and O–H groups in total. The highest BCUT2D eigenvalue weighted by atomic mass is 35.5. The Balaban J connectivity index is 0.00000240. The third-order valence-corrected chi connectivity index (χ3v) is 4.17. The minimum absolute atomic E-state index is 0. The molecule has 29 heavy (non-hydrogen) atoms. The van der Waals surface area contributed by atoms with E-state index in [1.165, 1.54) is 24.5 Å². The lowest BCUT2D eigenvalue weighted by molar-refractivity contribution is -0.137. The van der Waals surface area contributed by atoms with Crippen molar-refractivity contribution < 1.29 is 13.2 Å². The molecule has 4 rings (SSSR count). The fourth-order valence-corrected chi connectivity index (χ4v) is 2.79. The van der Waals surface area contributed by atoms with E-state index in [1.807, 2.05) is 12.1 Å². The van der Waals surface area contributed by atoms with E-state index < -0.39 is 11.7 Å². The van der Waals surface area contributed by atoms with Gasteiger partial charge in [-0.1, -0.05) is 18.2 Å². The number of hydrogen-bond donors (Lipinski definition) is 2. The van der Waals surface area contributed by atoms with Gasteiger partial charge in [0.05, 0.1) is 16.8 Å². The van der Waals surface area contributed by atoms with Gasteiger partial charge in [0.15, 0.2) is 0 Å². The molecule has 0 atom stereocenters. The summed E-state index contributed by atoms with van der Waals surface area (Å²) in [7, 11) is 0. The standard InChI is InChI=1S/C20H13F3N4O.ClH/c21-20(22,23)14-5-1-12(2-6-14)16-10-18(25-11-24-16)26-15-7-3-13-4-8-19(28)27-17(13)9-15;/h1-11H,(H,27,28)(H,24,25,26);1H. The van der Waals surface area contributed by atoms with Crippen LogP contribution in [-0.2, 0) is 6.18 Å². The van der Waals surface area contributed by atoms with E-state index >= 15 is 0 Å². The van der Waals surface area contributed by atoms with Crippen molar-refractivity contribution in [2.75, 3.05) is 5.32 Å². The number of nitrogens with zero attached hydrogens (tertiary/aromatic N) is 2. The van der Waals surface area contributed by atoms with E-state index in [4.69, 9.17) is 0 Å². The molecule has 0 radical (unpaired) electrons. The van der Waals surface area contributed by atoms with Crippen molar-refractivity contribution in [2.24, 2.45) is 0 Å². The third-order valence-electron chi connectivity index (χ3n) is 4.17. The number of rotatable bonds is 3. The van der Waals surface area contributed by atoms with Gasteiger partial charge in [-0.25, -0.2) is 9.97 Å². The molecule has 5 nitrogen and oxygen atoms in total. The largest absolute Gasteiger partial charge is 0.416 e. The average molecular weight is 419 g/mol. The van der Waals surface area contributed by atoms with E-state index in [-0.39, 0.29) is 18.0 Å². The minimum Gasteiger partial charge on any atom is -0.340 e. The summed E-state index contributed by atoms with van der Waals surface area (Å²) in [6, 6.07) is 15.1. The van der Waals surface area contributed by atoms with Crippen LogP contribution in [0.3, 0.4) is 0 Å². The Kier molecular flexibility index (Phi) is 5.56. The quantitative estimate of drug-likeness (QED) is 0.481. The van der Waals surface area contributed by atoms with Gasteiger partial charge in [-0.2, -0.15) is 13.2 Å². The predicted octanol–water partition coefficient (Wildman–Crippen LogP) is 5.17. The van der Waals surface area contributed by atoms with Crippen LogP contribution in [0.5, 0.6) is 0 Å². The fourth-order valence-electron chi connectivity index (χ4n) is 2.79. The van der Waals surface area contributed by atoms with E-state index in [9.17, 15) is 18.0 Å². The molecule has 0 unspecified atom stereocenters. The first-order valence-corrected chi connectivity index (χ1v) is 8.28. The normalized spacial score (nSPS) is 11.1. The van der Waals surface area contributed by atoms with Crippen molar-refractivity contribution in [3.63, 3.8) is 0 Å². The molecule has 148 valence electrons. The zero-order valence-corrected chi connectivity index (χ0v) is 15.5. The van der Waals surface area contributed by atoms with E-state index in [0.717, 1.165) is 17.5 Å². The molecule has 0 aliphatic rings. The molecule has 2 aromatic carbocycles. The van der Waals surface area contributed by atoms with Gasteiger partial charge in [0.25, 0.3) is 0 Å². The first-order valence-electron chi connectivity index (χ1n) is 8.28. The summed E-state index contributed by atoms with van der Waals surface area (Å²) in [6.45, 7) is 0. The highest BCUT2D eigenvalue weighted by Gasteiger charge is 2.30. The highest BCUT2D eigenvalue weighted by molar-refractivity contribution is 5.85. The molecule has 0 aliphatic carbocycles. The first kappa shape index (κ1) is 20.3. The Morgan fingerprint density at radius 3 is 2.34 bits per heavy atom. The van der Waals surface area contributed by atoms with E-state index in [0.29, 0.717) is 28.3 Å². The highest BCUT2D eigenvalue weighted by Crippen LogP contribution is 2.31. The maximum Gasteiger partial charge on any atom is 0.416 e. The molecule has 0 saturated carbocycles. The topological polar surface area (TPSA) is 70.7 Å². The van der Waals surface area contributed by atoms with Crippen LogP contribution in [0.15, 0.2) is 71.8 Å². The van der Waals surface area contributed by atoms with Crippen LogP contribution >= 0.6 is 12.4 Å². The van der Waals surface area contributed by atoms with Crippen LogP contribution in [0.4, 0.5) is 24.7 Å². The summed E-state index contributed by atoms with van der Waals surface area (Å²) in [4.78, 5) is 22.5. The van der Waals surface area contributed by atoms with Gasteiger partial charge >= 0.3 is 6.18 Å². The summed E-state index contributed by atoms with van der Waals surface area (Å²) >= 11 is 0. The number of nitrogens with one attached hydrogen (secondary N) is 2. The summed E-state index contributed by atoms with van der Waals surface area (Å²) in [5.41, 5.74) is 1.49. The average Bonchev–Trinajstić information content (AvgIpc) is 2.67. The lowest BCUT2D eigenvalue weighted by Crippen LogP contribution is -2.04. The zero-order chi connectivity index (χ0) is 19.7. The monoisotopic (exact) mass is 418 g/mol. The Bertz CT molecular complexity index is 1210. The summed E-state index contributed by atoms with van der Waals surface area (Å²) in [5.74, 6) is 0.475. The molecule has 0 aliphatic heterocycles. The second-order valence-corrected chi connectivity index (χ2v) is 6.11. The Morgan fingerprint density at radius 1 is 0.897 bits per heavy atom. The number of benzene rings is 2. The van der Waals surface area contributed by atoms with Crippen LogP contribution in [0, 0.1) is 0 Å². The first-order chi connectivity index (χ1) is 13.4. The Morgan fingerprint density at radius 2 is 1.62 bits per heavy atom. The van der Waals surface area contributed by atoms with Gasteiger partial charge in [-0.3, -0.25) is 4.79 Å². The van der Waals surface area contributed by atoms with Gasteiger partial charge in [-0.05, 0) is 35.7 Å². The molecule has 0 spiro atoms. The van der Waals surface area contributed by atoms with Gasteiger partial charge in [0, 0.05) is 23.4 Å². The summed E-state index contributed by atoms with van der Waals surface area (Å²) in [6.07, 6.45) is -3.05. The van der Waals surface area contributed by atoms with Crippen LogP contribution < -0.4 is 10.9 Å². The number of aromatic amines is 1. The van der Waals surface area contributed by atoms with Crippen molar-refractivity contribution >= 4 is 34.8 Å². The van der Waals surface area contributed by atoms with Crippen molar-refractivity contribution in [2.45, 2.75) is 6.18 Å². The van der Waals surface area contributed by atoms with Crippen molar-refractivity contribution in [3.8, 4) is 11.3 Å². The number of fused-ring (bicyclic) bond motifs is 1. The number of anilines is 2. The number of aromatic nitrogens is 3. The summed E-state index contributed by atoms with van der Waals surface area (Å²) < 4.78 is 38.1. The van der Waals surface area contributed by atoms with Gasteiger partial charge in [0.2, 0.25) is 5.56 Å². The second kappa shape index (κ2) is 7.92. The Hall–Kier alpha value is -3.39. The van der Waals surface area contributed by atoms with Crippen LogP contribution in [0.2, 0.25) is 0 Å². The minimum atomic E-state index is -4.38. The molecule has 0 fully saturated rings. The maximum absolute atomic E-state index is 12.7. The lowest BCUT2D eigenvalue weighted by Gasteiger charge is -2.09. The molecule has 0 saturated heterocycles. The molecular weight excluding hydrogens is 405 g/mol. The van der Waals surface area contributed by atoms with Crippen LogP contribution in [0.1, 0.15) is 5.56 Å². The van der Waals surface area contributed by atoms with Crippen molar-refractivity contribution in [1.29, 1.82) is 0 Å². The molecule has 2 heterocycles. The lowest BCUT2D eigenvalue weighted by atomic mass is 10.1.